The fraction of sp³-hybridized carbons (Fsp3) is 0.792. The lowest BCUT2D eigenvalue weighted by atomic mass is 9.91. The van der Waals surface area contributed by atoms with E-state index in [-0.39, 0.29) is 23.9 Å². The first-order valence-corrected chi connectivity index (χ1v) is 12.1. The summed E-state index contributed by atoms with van der Waals surface area (Å²) in [5.74, 6) is 1.64. The van der Waals surface area contributed by atoms with Gasteiger partial charge in [-0.3, -0.25) is 14.3 Å². The third-order valence-corrected chi connectivity index (χ3v) is 6.73. The van der Waals surface area contributed by atoms with Crippen LogP contribution in [0.1, 0.15) is 59.1 Å². The zero-order valence-corrected chi connectivity index (χ0v) is 20.0. The average Bonchev–Trinajstić information content (AvgIpc) is 3.12. The van der Waals surface area contributed by atoms with Crippen molar-refractivity contribution in [1.29, 1.82) is 0 Å². The molecule has 0 spiro atoms. The van der Waals surface area contributed by atoms with Crippen LogP contribution in [0.2, 0.25) is 0 Å². The van der Waals surface area contributed by atoms with Crippen molar-refractivity contribution in [3.8, 4) is 0 Å². The van der Waals surface area contributed by atoms with E-state index in [4.69, 9.17) is 0 Å². The van der Waals surface area contributed by atoms with Crippen molar-refractivity contribution >= 4 is 11.8 Å². The summed E-state index contributed by atoms with van der Waals surface area (Å²) < 4.78 is 1.94. The molecule has 2 amide bonds. The van der Waals surface area contributed by atoms with Crippen molar-refractivity contribution in [2.75, 3.05) is 26.2 Å². The first kappa shape index (κ1) is 23.8. The van der Waals surface area contributed by atoms with Crippen LogP contribution < -0.4 is 5.32 Å². The number of piperidine rings is 1. The molecule has 1 aromatic heterocycles. The smallest absolute Gasteiger partial charge is 0.245 e. The molecule has 2 atom stereocenters. The summed E-state index contributed by atoms with van der Waals surface area (Å²) in [5.41, 5.74) is 1.25. The molecule has 0 aromatic carbocycles. The summed E-state index contributed by atoms with van der Waals surface area (Å²) in [6.07, 6.45) is 6.43. The zero-order chi connectivity index (χ0) is 22.5. The number of amides is 2. The quantitative estimate of drug-likeness (QED) is 0.686. The molecule has 3 rings (SSSR count). The van der Waals surface area contributed by atoms with Crippen LogP contribution in [0, 0.1) is 17.8 Å². The monoisotopic (exact) mass is 431 g/mol. The minimum atomic E-state index is -0.335. The summed E-state index contributed by atoms with van der Waals surface area (Å²) in [6, 6.07) is 1.58. The van der Waals surface area contributed by atoms with Crippen LogP contribution in [0.5, 0.6) is 0 Å². The number of likely N-dealkylation sites (tertiary alicyclic amines) is 1. The zero-order valence-electron chi connectivity index (χ0n) is 20.0. The normalized spacial score (nSPS) is 21.9. The fourth-order valence-corrected chi connectivity index (χ4v) is 5.00. The lowest BCUT2D eigenvalue weighted by Gasteiger charge is -2.42. The summed E-state index contributed by atoms with van der Waals surface area (Å²) in [4.78, 5) is 30.7. The van der Waals surface area contributed by atoms with E-state index < -0.39 is 0 Å². The van der Waals surface area contributed by atoms with Gasteiger partial charge in [-0.25, -0.2) is 0 Å². The van der Waals surface area contributed by atoms with E-state index in [1.54, 1.807) is 0 Å². The van der Waals surface area contributed by atoms with Crippen LogP contribution in [0.15, 0.2) is 12.3 Å². The number of rotatable bonds is 8. The van der Waals surface area contributed by atoms with E-state index in [2.05, 4.69) is 44.2 Å². The first-order chi connectivity index (χ1) is 14.8. The topological polar surface area (TPSA) is 70.5 Å². The van der Waals surface area contributed by atoms with Gasteiger partial charge in [0.15, 0.2) is 0 Å². The average molecular weight is 432 g/mol. The first-order valence-electron chi connectivity index (χ1n) is 12.1. The van der Waals surface area contributed by atoms with Gasteiger partial charge in [0.05, 0.1) is 6.04 Å². The van der Waals surface area contributed by atoms with Crippen molar-refractivity contribution in [2.24, 2.45) is 24.8 Å². The van der Waals surface area contributed by atoms with Crippen LogP contribution in [0.25, 0.3) is 0 Å². The van der Waals surface area contributed by atoms with Crippen molar-refractivity contribution in [3.63, 3.8) is 0 Å². The Morgan fingerprint density at radius 3 is 2.45 bits per heavy atom. The molecule has 2 saturated heterocycles. The number of piperazine rings is 1. The fourth-order valence-electron chi connectivity index (χ4n) is 5.00. The molecule has 3 heterocycles. The van der Waals surface area contributed by atoms with Crippen LogP contribution in [-0.2, 0) is 23.1 Å². The van der Waals surface area contributed by atoms with E-state index in [1.165, 1.54) is 5.69 Å². The van der Waals surface area contributed by atoms with E-state index in [9.17, 15) is 9.59 Å². The Morgan fingerprint density at radius 1 is 1.16 bits per heavy atom. The highest BCUT2D eigenvalue weighted by molar-refractivity contribution is 5.90. The molecule has 1 aromatic rings. The Morgan fingerprint density at radius 2 is 1.87 bits per heavy atom. The number of aromatic nitrogens is 2. The van der Waals surface area contributed by atoms with Gasteiger partial charge < -0.3 is 15.1 Å². The maximum Gasteiger partial charge on any atom is 0.245 e. The molecule has 0 bridgehead atoms. The summed E-state index contributed by atoms with van der Waals surface area (Å²) in [7, 11) is 1.99. The maximum absolute atomic E-state index is 13.6. The maximum atomic E-state index is 13.6. The Kier molecular flexibility index (Phi) is 8.14. The van der Waals surface area contributed by atoms with Gasteiger partial charge in [0.1, 0.15) is 6.04 Å². The largest absolute Gasteiger partial charge is 0.341 e. The highest BCUT2D eigenvalue weighted by atomic mass is 16.2. The van der Waals surface area contributed by atoms with Gasteiger partial charge in [-0.2, -0.15) is 5.10 Å². The Hall–Kier alpha value is -1.89. The van der Waals surface area contributed by atoms with Gasteiger partial charge in [-0.15, -0.1) is 0 Å². The molecule has 174 valence electrons. The minimum absolute atomic E-state index is 0.102. The van der Waals surface area contributed by atoms with Crippen molar-refractivity contribution < 1.29 is 9.59 Å². The molecule has 2 aliphatic rings. The molecule has 7 nitrogen and oxygen atoms in total. The summed E-state index contributed by atoms with van der Waals surface area (Å²) in [6.45, 7) is 11.5. The summed E-state index contributed by atoms with van der Waals surface area (Å²) in [5, 5.41) is 7.63. The van der Waals surface area contributed by atoms with Gasteiger partial charge >= 0.3 is 0 Å². The van der Waals surface area contributed by atoms with Gasteiger partial charge in [0, 0.05) is 45.1 Å². The van der Waals surface area contributed by atoms with Gasteiger partial charge in [0.2, 0.25) is 11.8 Å². The number of nitrogens with one attached hydrogen (secondary N) is 1. The standard InChI is InChI=1S/C24H41N5O2/c1-17(2)14-21-23(30)29(13-10-25-21)22(15-18(3)4)24(31)28-11-7-19(8-12-28)16-20-6-9-26-27(20)5/h6,9,17-19,21-22,25H,7-8,10-16H2,1-5H3/t21-,22?/m0/s1. The van der Waals surface area contributed by atoms with Gasteiger partial charge in [0.25, 0.3) is 0 Å². The molecule has 31 heavy (non-hydrogen) atoms. The number of aryl methyl sites for hydroxylation is 1. The van der Waals surface area contributed by atoms with Crippen molar-refractivity contribution in [2.45, 2.75) is 71.9 Å². The van der Waals surface area contributed by atoms with E-state index >= 15 is 0 Å². The Bertz CT molecular complexity index is 736. The summed E-state index contributed by atoms with van der Waals surface area (Å²) >= 11 is 0. The van der Waals surface area contributed by atoms with Crippen LogP contribution in [-0.4, -0.2) is 69.7 Å². The third-order valence-electron chi connectivity index (χ3n) is 6.73. The highest BCUT2D eigenvalue weighted by Crippen LogP contribution is 2.25. The molecule has 1 N–H and O–H groups in total. The second-order valence-electron chi connectivity index (χ2n) is 10.2. The number of carbonyl (C=O) groups is 2. The Balaban J connectivity index is 1.63. The van der Waals surface area contributed by atoms with Crippen LogP contribution in [0.4, 0.5) is 0 Å². The number of carbonyl (C=O) groups excluding carboxylic acids is 2. The lowest BCUT2D eigenvalue weighted by Crippen LogP contribution is -2.62. The second-order valence-corrected chi connectivity index (χ2v) is 10.2. The van der Waals surface area contributed by atoms with Gasteiger partial charge in [-0.05, 0) is 55.9 Å². The molecule has 0 radical (unpaired) electrons. The Labute approximate surface area is 187 Å². The molecule has 0 saturated carbocycles. The predicted molar refractivity (Wildman–Crippen MR) is 122 cm³/mol. The number of hydrogen-bond acceptors (Lipinski definition) is 4. The molecule has 1 unspecified atom stereocenters. The minimum Gasteiger partial charge on any atom is -0.341 e. The second kappa shape index (κ2) is 10.6. The molecular weight excluding hydrogens is 390 g/mol. The van der Waals surface area contributed by atoms with E-state index in [1.807, 2.05) is 27.7 Å². The number of hydrogen-bond donors (Lipinski definition) is 1. The van der Waals surface area contributed by atoms with E-state index in [0.717, 1.165) is 51.7 Å². The van der Waals surface area contributed by atoms with Crippen LogP contribution in [0.3, 0.4) is 0 Å². The molecule has 2 aliphatic heterocycles. The molecular formula is C24H41N5O2. The van der Waals surface area contributed by atoms with E-state index in [0.29, 0.717) is 24.3 Å². The predicted octanol–water partition coefficient (Wildman–Crippen LogP) is 2.46. The van der Waals surface area contributed by atoms with Crippen molar-refractivity contribution in [3.05, 3.63) is 18.0 Å². The molecule has 0 aliphatic carbocycles. The highest BCUT2D eigenvalue weighted by Gasteiger charge is 2.39. The SMILES string of the molecule is CC(C)CC(C(=O)N1CCC(Cc2ccnn2C)CC1)N1CCN[C@@H](CC(C)C)C1=O. The molecule has 7 heteroatoms. The van der Waals surface area contributed by atoms with Crippen LogP contribution >= 0.6 is 0 Å². The third kappa shape index (κ3) is 6.09. The van der Waals surface area contributed by atoms with Crippen molar-refractivity contribution in [1.82, 2.24) is 24.9 Å². The molecule has 2 fully saturated rings. The lowest BCUT2D eigenvalue weighted by molar-refractivity contribution is -0.150. The number of nitrogens with zero attached hydrogens (tertiary/aromatic N) is 4. The van der Waals surface area contributed by atoms with Gasteiger partial charge in [-0.1, -0.05) is 27.7 Å².